The molecule has 0 spiro atoms. The molecule has 2 aliphatic heterocycles. The van der Waals surface area contributed by atoms with Crippen LogP contribution >= 0.6 is 0 Å². The molecule has 1 saturated heterocycles. The zero-order valence-electron chi connectivity index (χ0n) is 16.6. The molecule has 0 bridgehead atoms. The molecule has 0 N–H and O–H groups in total. The predicted molar refractivity (Wildman–Crippen MR) is 105 cm³/mol. The van der Waals surface area contributed by atoms with Crippen LogP contribution in [0.3, 0.4) is 0 Å². The van der Waals surface area contributed by atoms with Gasteiger partial charge in [-0.1, -0.05) is 12.1 Å². The van der Waals surface area contributed by atoms with Gasteiger partial charge in [0, 0.05) is 38.2 Å². The second-order valence-electron chi connectivity index (χ2n) is 7.25. The maximum absolute atomic E-state index is 12.7. The van der Waals surface area contributed by atoms with Gasteiger partial charge in [-0.15, -0.1) is 0 Å². The van der Waals surface area contributed by atoms with Gasteiger partial charge in [0.25, 0.3) is 0 Å². The van der Waals surface area contributed by atoms with Crippen molar-refractivity contribution < 1.29 is 14.3 Å². The van der Waals surface area contributed by atoms with E-state index in [9.17, 15) is 9.59 Å². The van der Waals surface area contributed by atoms with E-state index in [0.29, 0.717) is 39.2 Å². The molecule has 1 aromatic carbocycles. The van der Waals surface area contributed by atoms with Crippen molar-refractivity contribution in [1.82, 2.24) is 14.7 Å². The summed E-state index contributed by atoms with van der Waals surface area (Å²) in [6, 6.07) is 6.18. The van der Waals surface area contributed by atoms with E-state index in [1.807, 2.05) is 40.7 Å². The number of aryl methyl sites for hydroxylation is 1. The summed E-state index contributed by atoms with van der Waals surface area (Å²) in [6.07, 6.45) is 3.52. The smallest absolute Gasteiger partial charge is 0.320 e. The molecule has 1 fully saturated rings. The van der Waals surface area contributed by atoms with Crippen molar-refractivity contribution in [1.29, 1.82) is 0 Å². The lowest BCUT2D eigenvalue weighted by molar-refractivity contribution is -0.130. The fourth-order valence-electron chi connectivity index (χ4n) is 3.84. The van der Waals surface area contributed by atoms with E-state index in [2.05, 4.69) is 6.07 Å². The monoisotopic (exact) mass is 373 g/mol. The highest BCUT2D eigenvalue weighted by Crippen LogP contribution is 2.25. The Morgan fingerprint density at radius 3 is 2.52 bits per heavy atom. The average molecular weight is 373 g/mol. The Morgan fingerprint density at radius 1 is 1.07 bits per heavy atom. The minimum Gasteiger partial charge on any atom is -0.491 e. The summed E-state index contributed by atoms with van der Waals surface area (Å²) >= 11 is 0. The molecule has 0 atom stereocenters. The zero-order valence-corrected chi connectivity index (χ0v) is 16.6. The molecule has 6 nitrogen and oxygen atoms in total. The Labute approximate surface area is 162 Å². The van der Waals surface area contributed by atoms with Crippen molar-refractivity contribution in [2.45, 2.75) is 46.1 Å². The Bertz CT molecular complexity index is 667. The third kappa shape index (κ3) is 4.73. The largest absolute Gasteiger partial charge is 0.491 e. The maximum Gasteiger partial charge on any atom is 0.320 e. The lowest BCUT2D eigenvalue weighted by Gasteiger charge is -2.27. The van der Waals surface area contributed by atoms with Crippen molar-refractivity contribution in [3.63, 3.8) is 0 Å². The molecular formula is C21H31N3O3. The van der Waals surface area contributed by atoms with E-state index in [-0.39, 0.29) is 11.9 Å². The third-order valence-corrected chi connectivity index (χ3v) is 5.50. The van der Waals surface area contributed by atoms with Gasteiger partial charge in [-0.3, -0.25) is 4.79 Å². The zero-order chi connectivity index (χ0) is 19.2. The molecule has 3 amide bonds. The minimum absolute atomic E-state index is 0.0612. The number of carbonyl (C=O) groups is 2. The second kappa shape index (κ2) is 9.11. The minimum atomic E-state index is 0.0612. The van der Waals surface area contributed by atoms with Crippen molar-refractivity contribution in [3.05, 3.63) is 29.3 Å². The van der Waals surface area contributed by atoms with Gasteiger partial charge < -0.3 is 19.4 Å². The topological polar surface area (TPSA) is 53.1 Å². The van der Waals surface area contributed by atoms with Crippen LogP contribution in [0, 0.1) is 0 Å². The molecule has 0 aliphatic carbocycles. The summed E-state index contributed by atoms with van der Waals surface area (Å²) in [5, 5.41) is 0. The number of likely N-dealkylation sites (tertiary alicyclic amines) is 1. The van der Waals surface area contributed by atoms with Gasteiger partial charge in [0.1, 0.15) is 12.4 Å². The first kappa shape index (κ1) is 19.5. The molecule has 3 rings (SSSR count). The molecule has 1 aromatic rings. The molecule has 0 radical (unpaired) electrons. The number of urea groups is 1. The van der Waals surface area contributed by atoms with E-state index in [1.165, 1.54) is 0 Å². The number of fused-ring (bicyclic) bond motifs is 1. The molecule has 6 heteroatoms. The van der Waals surface area contributed by atoms with Gasteiger partial charge in [0.2, 0.25) is 5.91 Å². The van der Waals surface area contributed by atoms with E-state index in [0.717, 1.165) is 49.2 Å². The van der Waals surface area contributed by atoms with E-state index in [1.54, 1.807) is 0 Å². The van der Waals surface area contributed by atoms with Crippen LogP contribution in [0.5, 0.6) is 5.75 Å². The Kier molecular flexibility index (Phi) is 6.58. The van der Waals surface area contributed by atoms with Gasteiger partial charge in [0.15, 0.2) is 0 Å². The number of ether oxygens (including phenoxy) is 1. The normalized spacial score (nSPS) is 16.5. The number of carbonyl (C=O) groups excluding carboxylic acids is 2. The van der Waals surface area contributed by atoms with Crippen LogP contribution in [0.4, 0.5) is 4.79 Å². The lowest BCUT2D eigenvalue weighted by Crippen LogP contribution is -2.43. The fraction of sp³-hybridized carbons (Fsp3) is 0.619. The molecule has 2 aliphatic rings. The fourth-order valence-corrected chi connectivity index (χ4v) is 3.84. The SMILES string of the molecule is CCN(CC)C(=O)N1CCOc2ccc(CCC(=O)N3CCCC3)cc2C1. The number of rotatable bonds is 5. The van der Waals surface area contributed by atoms with Crippen LogP contribution in [0.2, 0.25) is 0 Å². The first-order valence-electron chi connectivity index (χ1n) is 10.2. The Morgan fingerprint density at radius 2 is 1.81 bits per heavy atom. The summed E-state index contributed by atoms with van der Waals surface area (Å²) in [7, 11) is 0. The summed E-state index contributed by atoms with van der Waals surface area (Å²) < 4.78 is 5.85. The first-order chi connectivity index (χ1) is 13.1. The average Bonchev–Trinajstić information content (AvgIpc) is 3.14. The van der Waals surface area contributed by atoms with Crippen LogP contribution in [0.1, 0.15) is 44.2 Å². The summed E-state index contributed by atoms with van der Waals surface area (Å²) in [6.45, 7) is 8.87. The van der Waals surface area contributed by atoms with E-state index < -0.39 is 0 Å². The van der Waals surface area contributed by atoms with Crippen LogP contribution in [-0.4, -0.2) is 66.0 Å². The van der Waals surface area contributed by atoms with Crippen molar-refractivity contribution in [2.75, 3.05) is 39.3 Å². The van der Waals surface area contributed by atoms with Crippen molar-refractivity contribution in [2.24, 2.45) is 0 Å². The lowest BCUT2D eigenvalue weighted by atomic mass is 10.0. The first-order valence-corrected chi connectivity index (χ1v) is 10.2. The molecule has 0 aromatic heterocycles. The highest BCUT2D eigenvalue weighted by Gasteiger charge is 2.23. The quantitative estimate of drug-likeness (QED) is 0.797. The highest BCUT2D eigenvalue weighted by atomic mass is 16.5. The number of amides is 3. The molecular weight excluding hydrogens is 342 g/mol. The highest BCUT2D eigenvalue weighted by molar-refractivity contribution is 5.76. The summed E-state index contributed by atoms with van der Waals surface area (Å²) in [4.78, 5) is 30.7. The Balaban J connectivity index is 1.66. The van der Waals surface area contributed by atoms with Gasteiger partial charge >= 0.3 is 6.03 Å². The molecule has 2 heterocycles. The summed E-state index contributed by atoms with van der Waals surface area (Å²) in [5.74, 6) is 1.09. The van der Waals surface area contributed by atoms with E-state index in [4.69, 9.17) is 4.74 Å². The third-order valence-electron chi connectivity index (χ3n) is 5.50. The number of hydrogen-bond donors (Lipinski definition) is 0. The van der Waals surface area contributed by atoms with Crippen LogP contribution in [0.25, 0.3) is 0 Å². The van der Waals surface area contributed by atoms with Crippen LogP contribution in [-0.2, 0) is 17.8 Å². The van der Waals surface area contributed by atoms with Gasteiger partial charge in [-0.05, 0) is 44.7 Å². The van der Waals surface area contributed by atoms with Crippen LogP contribution < -0.4 is 4.74 Å². The van der Waals surface area contributed by atoms with Gasteiger partial charge in [0.05, 0.1) is 13.1 Å². The van der Waals surface area contributed by atoms with Crippen molar-refractivity contribution in [3.8, 4) is 5.75 Å². The molecule has 0 saturated carbocycles. The van der Waals surface area contributed by atoms with Gasteiger partial charge in [-0.2, -0.15) is 0 Å². The molecule has 0 unspecified atom stereocenters. The van der Waals surface area contributed by atoms with Crippen LogP contribution in [0.15, 0.2) is 18.2 Å². The number of nitrogens with zero attached hydrogens (tertiary/aromatic N) is 3. The standard InChI is InChI=1S/C21H31N3O3/c1-3-22(4-2)21(26)24-13-14-27-19-9-7-17(15-18(19)16-24)8-10-20(25)23-11-5-6-12-23/h7,9,15H,3-6,8,10-14,16H2,1-2H3. The molecule has 148 valence electrons. The molecule has 27 heavy (non-hydrogen) atoms. The number of hydrogen-bond acceptors (Lipinski definition) is 3. The Hall–Kier alpha value is -2.24. The number of benzene rings is 1. The maximum atomic E-state index is 12.7. The second-order valence-corrected chi connectivity index (χ2v) is 7.25. The summed E-state index contributed by atoms with van der Waals surface area (Å²) in [5.41, 5.74) is 2.15. The van der Waals surface area contributed by atoms with Crippen molar-refractivity contribution >= 4 is 11.9 Å². The van der Waals surface area contributed by atoms with Gasteiger partial charge in [-0.25, -0.2) is 4.79 Å². The van der Waals surface area contributed by atoms with E-state index >= 15 is 0 Å². The predicted octanol–water partition coefficient (Wildman–Crippen LogP) is 2.90.